The molecule has 202 valence electrons. The summed E-state index contributed by atoms with van der Waals surface area (Å²) in [6.07, 6.45) is 5.49. The van der Waals surface area contributed by atoms with Crippen LogP contribution in [0.2, 0.25) is 10.0 Å². The molecule has 6 nitrogen and oxygen atoms in total. The van der Waals surface area contributed by atoms with E-state index in [-0.39, 0.29) is 11.5 Å². The Hall–Kier alpha value is -4.13. The van der Waals surface area contributed by atoms with Gasteiger partial charge in [0.1, 0.15) is 5.60 Å². The predicted molar refractivity (Wildman–Crippen MR) is 161 cm³/mol. The fourth-order valence-electron chi connectivity index (χ4n) is 4.51. The summed E-state index contributed by atoms with van der Waals surface area (Å²) in [6, 6.07) is 24.7. The highest BCUT2D eigenvalue weighted by molar-refractivity contribution is 6.33. The summed E-state index contributed by atoms with van der Waals surface area (Å²) >= 11 is 12.9. The monoisotopic (exact) mass is 570 g/mol. The van der Waals surface area contributed by atoms with E-state index >= 15 is 0 Å². The van der Waals surface area contributed by atoms with Gasteiger partial charge in [-0.2, -0.15) is 5.10 Å². The number of aromatic amines is 1. The summed E-state index contributed by atoms with van der Waals surface area (Å²) in [6.45, 7) is 4.19. The molecule has 3 heterocycles. The molecular weight excluding hydrogens is 543 g/mol. The second kappa shape index (κ2) is 11.5. The van der Waals surface area contributed by atoms with Gasteiger partial charge >= 0.3 is 0 Å². The minimum Gasteiger partial charge on any atom is -0.471 e. The van der Waals surface area contributed by atoms with Crippen LogP contribution in [-0.2, 0) is 6.42 Å². The summed E-state index contributed by atoms with van der Waals surface area (Å²) in [5.74, 6) is 0.301. The van der Waals surface area contributed by atoms with Crippen molar-refractivity contribution in [1.29, 1.82) is 0 Å². The summed E-state index contributed by atoms with van der Waals surface area (Å²) < 4.78 is 6.23. The van der Waals surface area contributed by atoms with Gasteiger partial charge in [0.25, 0.3) is 0 Å². The number of fused-ring (bicyclic) bond motifs is 1. The second-order valence-electron chi connectivity index (χ2n) is 10.1. The van der Waals surface area contributed by atoms with Crippen LogP contribution in [0.15, 0.2) is 91.3 Å². The number of benzene rings is 3. The molecule has 40 heavy (non-hydrogen) atoms. The fraction of sp³-hybridized carbons (Fsp3) is 0.156. The zero-order valence-electron chi connectivity index (χ0n) is 22.1. The Kier molecular flexibility index (Phi) is 7.92. The molecule has 0 radical (unpaired) electrons. The molecule has 0 saturated carbocycles. The average molecular weight is 572 g/mol. The SMILES string of the molecule is CC1(C)CCc2cc(-c3ccc(Cl)cc3)c(-c3ccc(-c4cn[nH]c4)cc3Cl)nc2O1.NC(=O)c1ccccc1. The number of halogens is 2. The molecule has 8 heteroatoms. The van der Waals surface area contributed by atoms with Gasteiger partial charge in [-0.3, -0.25) is 9.89 Å². The molecule has 0 unspecified atom stereocenters. The summed E-state index contributed by atoms with van der Waals surface area (Å²) in [7, 11) is 0. The molecule has 5 aromatic rings. The summed E-state index contributed by atoms with van der Waals surface area (Å²) in [5, 5.41) is 8.18. The normalized spacial score (nSPS) is 13.4. The maximum Gasteiger partial charge on any atom is 0.248 e. The van der Waals surface area contributed by atoms with E-state index < -0.39 is 0 Å². The first kappa shape index (κ1) is 27.4. The van der Waals surface area contributed by atoms with E-state index in [0.717, 1.165) is 51.9 Å². The van der Waals surface area contributed by atoms with Gasteiger partial charge in [-0.25, -0.2) is 4.98 Å². The lowest BCUT2D eigenvalue weighted by Gasteiger charge is -2.32. The number of hydrogen-bond acceptors (Lipinski definition) is 4. The van der Waals surface area contributed by atoms with Crippen LogP contribution >= 0.6 is 23.2 Å². The van der Waals surface area contributed by atoms with Crippen LogP contribution in [0.4, 0.5) is 0 Å². The van der Waals surface area contributed by atoms with Crippen LogP contribution in [0.5, 0.6) is 5.88 Å². The van der Waals surface area contributed by atoms with Crippen molar-refractivity contribution in [1.82, 2.24) is 15.2 Å². The predicted octanol–water partition coefficient (Wildman–Crippen LogP) is 8.00. The molecule has 0 atom stereocenters. The maximum atomic E-state index is 10.4. The maximum absolute atomic E-state index is 10.4. The molecule has 1 amide bonds. The van der Waals surface area contributed by atoms with Crippen molar-refractivity contribution in [2.45, 2.75) is 32.3 Å². The van der Waals surface area contributed by atoms with Gasteiger partial charge < -0.3 is 10.5 Å². The number of aromatic nitrogens is 3. The Bertz CT molecular complexity index is 1630. The van der Waals surface area contributed by atoms with Crippen LogP contribution in [0.1, 0.15) is 36.2 Å². The Morgan fingerprint density at radius 2 is 1.65 bits per heavy atom. The number of carbonyl (C=O) groups is 1. The quantitative estimate of drug-likeness (QED) is 0.229. The van der Waals surface area contributed by atoms with Crippen LogP contribution < -0.4 is 10.5 Å². The third-order valence-corrected chi connectivity index (χ3v) is 7.27. The highest BCUT2D eigenvalue weighted by Gasteiger charge is 2.29. The molecule has 0 bridgehead atoms. The number of ether oxygens (including phenoxy) is 1. The smallest absolute Gasteiger partial charge is 0.248 e. The molecule has 1 aliphatic rings. The van der Waals surface area contributed by atoms with Crippen LogP contribution in [-0.4, -0.2) is 26.7 Å². The van der Waals surface area contributed by atoms with Crippen LogP contribution in [0.3, 0.4) is 0 Å². The van der Waals surface area contributed by atoms with Crippen molar-refractivity contribution in [3.63, 3.8) is 0 Å². The number of nitrogens with one attached hydrogen (secondary N) is 1. The first-order chi connectivity index (χ1) is 19.2. The van der Waals surface area contributed by atoms with Crippen molar-refractivity contribution < 1.29 is 9.53 Å². The highest BCUT2D eigenvalue weighted by atomic mass is 35.5. The fourth-order valence-corrected chi connectivity index (χ4v) is 4.90. The Morgan fingerprint density at radius 3 is 2.27 bits per heavy atom. The number of aryl methyl sites for hydroxylation is 1. The third kappa shape index (κ3) is 6.19. The lowest BCUT2D eigenvalue weighted by atomic mass is 9.91. The molecule has 0 fully saturated rings. The Labute approximate surface area is 243 Å². The topological polar surface area (TPSA) is 93.9 Å². The molecular formula is C32H28Cl2N4O2. The van der Waals surface area contributed by atoms with Gasteiger partial charge in [0, 0.05) is 39.0 Å². The van der Waals surface area contributed by atoms with E-state index in [4.69, 9.17) is 38.7 Å². The number of rotatable bonds is 4. The van der Waals surface area contributed by atoms with Gasteiger partial charge in [-0.1, -0.05) is 65.7 Å². The van der Waals surface area contributed by atoms with E-state index in [9.17, 15) is 4.79 Å². The third-order valence-electron chi connectivity index (χ3n) is 6.70. The molecule has 6 rings (SSSR count). The number of primary amides is 1. The average Bonchev–Trinajstić information content (AvgIpc) is 3.49. The number of nitrogens with zero attached hydrogens (tertiary/aromatic N) is 2. The molecule has 2 aromatic heterocycles. The van der Waals surface area contributed by atoms with Gasteiger partial charge in [0.2, 0.25) is 11.8 Å². The molecule has 0 saturated heterocycles. The van der Waals surface area contributed by atoms with E-state index in [1.54, 1.807) is 30.5 Å². The number of nitrogens with two attached hydrogens (primary N) is 1. The van der Waals surface area contributed by atoms with Crippen molar-refractivity contribution in [2.75, 3.05) is 0 Å². The molecule has 0 aliphatic carbocycles. The van der Waals surface area contributed by atoms with Crippen molar-refractivity contribution in [3.05, 3.63) is 112 Å². The second-order valence-corrected chi connectivity index (χ2v) is 11.0. The zero-order valence-corrected chi connectivity index (χ0v) is 23.6. The number of pyridine rings is 1. The number of H-pyrrole nitrogens is 1. The first-order valence-corrected chi connectivity index (χ1v) is 13.6. The summed E-state index contributed by atoms with van der Waals surface area (Å²) in [5.41, 5.74) is 12.1. The number of amides is 1. The molecule has 3 N–H and O–H groups in total. The van der Waals surface area contributed by atoms with Gasteiger partial charge in [-0.15, -0.1) is 0 Å². The minimum atomic E-state index is -0.379. The zero-order chi connectivity index (χ0) is 28.3. The van der Waals surface area contributed by atoms with Crippen molar-refractivity contribution in [3.8, 4) is 39.4 Å². The van der Waals surface area contributed by atoms with Gasteiger partial charge in [0.15, 0.2) is 0 Å². The molecule has 0 spiro atoms. The Balaban J connectivity index is 0.000000306. The summed E-state index contributed by atoms with van der Waals surface area (Å²) in [4.78, 5) is 15.4. The Morgan fingerprint density at radius 1 is 0.925 bits per heavy atom. The van der Waals surface area contributed by atoms with E-state index in [0.29, 0.717) is 21.5 Å². The van der Waals surface area contributed by atoms with Crippen LogP contribution in [0.25, 0.3) is 33.5 Å². The van der Waals surface area contributed by atoms with Gasteiger partial charge in [0.05, 0.1) is 16.9 Å². The molecule has 3 aromatic carbocycles. The van der Waals surface area contributed by atoms with Crippen molar-refractivity contribution in [2.24, 2.45) is 5.73 Å². The first-order valence-electron chi connectivity index (χ1n) is 12.8. The highest BCUT2D eigenvalue weighted by Crippen LogP contribution is 2.42. The number of carbonyl (C=O) groups excluding carboxylic acids is 1. The van der Waals surface area contributed by atoms with E-state index in [2.05, 4.69) is 30.1 Å². The standard InChI is InChI=1S/C25H21Cl2N3O.C7H7NO/c1-25(2)10-9-17-11-21(15-3-6-19(26)7-4-15)23(30-24(17)31-25)20-8-5-16(12-22(20)27)18-13-28-29-14-18;8-7(9)6-4-2-1-3-5-6/h3-8,11-14H,9-10H2,1-2H3,(H,28,29);1-5H,(H2,8,9). The lowest BCUT2D eigenvalue weighted by molar-refractivity contribution is 0.0785. The minimum absolute atomic E-state index is 0.242. The van der Waals surface area contributed by atoms with E-state index in [1.807, 2.05) is 54.7 Å². The van der Waals surface area contributed by atoms with Crippen molar-refractivity contribution >= 4 is 29.1 Å². The van der Waals surface area contributed by atoms with Gasteiger partial charge in [-0.05, 0) is 74.2 Å². The van der Waals surface area contributed by atoms with E-state index in [1.165, 1.54) is 0 Å². The number of hydrogen-bond donors (Lipinski definition) is 2. The largest absolute Gasteiger partial charge is 0.471 e. The molecule has 1 aliphatic heterocycles. The van der Waals surface area contributed by atoms with Crippen LogP contribution in [0, 0.1) is 0 Å². The lowest BCUT2D eigenvalue weighted by Crippen LogP contribution is -2.33.